The topological polar surface area (TPSA) is 60.2 Å². The van der Waals surface area contributed by atoms with Gasteiger partial charge < -0.3 is 14.5 Å². The second-order valence-corrected chi connectivity index (χ2v) is 4.39. The molecule has 0 spiro atoms. The van der Waals surface area contributed by atoms with Gasteiger partial charge in [-0.15, -0.1) is 10.2 Å². The fraction of sp³-hybridized carbons (Fsp3) is 0.385. The molecule has 1 N–H and O–H groups in total. The maximum absolute atomic E-state index is 5.71. The maximum atomic E-state index is 5.71. The number of rotatable bonds is 3. The third-order valence-electron chi connectivity index (χ3n) is 3.26. The number of aromatic nitrogens is 2. The van der Waals surface area contributed by atoms with Crippen LogP contribution in [0.1, 0.15) is 36.2 Å². The van der Waals surface area contributed by atoms with Crippen LogP contribution < -0.4 is 10.1 Å². The minimum atomic E-state index is 0.0477. The molecule has 1 aliphatic heterocycles. The zero-order chi connectivity index (χ0) is 12.5. The van der Waals surface area contributed by atoms with Crippen LogP contribution in [0.4, 0.5) is 0 Å². The molecule has 0 saturated carbocycles. The summed E-state index contributed by atoms with van der Waals surface area (Å²) in [7, 11) is 1.86. The van der Waals surface area contributed by atoms with E-state index in [1.807, 2.05) is 38.2 Å². The Labute approximate surface area is 105 Å². The van der Waals surface area contributed by atoms with Crippen LogP contribution in [0.15, 0.2) is 28.7 Å². The molecular weight excluding hydrogens is 230 g/mol. The first-order valence-corrected chi connectivity index (χ1v) is 6.02. The van der Waals surface area contributed by atoms with Crippen LogP contribution in [0, 0.1) is 0 Å². The van der Waals surface area contributed by atoms with Crippen molar-refractivity contribution in [2.75, 3.05) is 13.7 Å². The summed E-state index contributed by atoms with van der Waals surface area (Å²) in [5.41, 5.74) is 1.12. The molecule has 5 heteroatoms. The lowest BCUT2D eigenvalue weighted by molar-refractivity contribution is 0.317. The van der Waals surface area contributed by atoms with E-state index >= 15 is 0 Å². The summed E-state index contributed by atoms with van der Waals surface area (Å²) in [6.07, 6.45) is 0. The van der Waals surface area contributed by atoms with Crippen molar-refractivity contribution in [3.8, 4) is 5.75 Å². The first kappa shape index (κ1) is 11.2. The normalized spacial score (nSPS) is 19.3. The standard InChI is InChI=1S/C13H15N3O2/c1-8(14-2)12-15-16-13(18-12)10-7-17-11-6-4-3-5-9(10)11/h3-6,8,10,14H,7H2,1-2H3. The highest BCUT2D eigenvalue weighted by atomic mass is 16.5. The van der Waals surface area contributed by atoms with E-state index in [0.717, 1.165) is 11.3 Å². The largest absolute Gasteiger partial charge is 0.492 e. The zero-order valence-electron chi connectivity index (χ0n) is 10.4. The maximum Gasteiger partial charge on any atom is 0.233 e. The quantitative estimate of drug-likeness (QED) is 0.894. The summed E-state index contributed by atoms with van der Waals surface area (Å²) in [6.45, 7) is 2.55. The fourth-order valence-electron chi connectivity index (χ4n) is 2.05. The van der Waals surface area contributed by atoms with Crippen molar-refractivity contribution in [2.24, 2.45) is 0 Å². The summed E-state index contributed by atoms with van der Waals surface area (Å²) >= 11 is 0. The average molecular weight is 245 g/mol. The molecule has 0 bridgehead atoms. The zero-order valence-corrected chi connectivity index (χ0v) is 10.4. The third-order valence-corrected chi connectivity index (χ3v) is 3.26. The highest BCUT2D eigenvalue weighted by Crippen LogP contribution is 2.37. The van der Waals surface area contributed by atoms with Crippen LogP contribution in [-0.2, 0) is 0 Å². The predicted molar refractivity (Wildman–Crippen MR) is 65.6 cm³/mol. The van der Waals surface area contributed by atoms with E-state index in [2.05, 4.69) is 15.5 Å². The van der Waals surface area contributed by atoms with Crippen molar-refractivity contribution in [3.05, 3.63) is 41.6 Å². The molecule has 0 saturated heterocycles. The molecule has 3 rings (SSSR count). The fourth-order valence-corrected chi connectivity index (χ4v) is 2.05. The lowest BCUT2D eigenvalue weighted by Crippen LogP contribution is -2.12. The Bertz CT molecular complexity index is 553. The Balaban J connectivity index is 1.91. The smallest absolute Gasteiger partial charge is 0.233 e. The number of nitrogens with one attached hydrogen (secondary N) is 1. The Morgan fingerprint density at radius 3 is 3.00 bits per heavy atom. The molecule has 1 aromatic carbocycles. The Morgan fingerprint density at radius 1 is 1.33 bits per heavy atom. The number of hydrogen-bond acceptors (Lipinski definition) is 5. The number of nitrogens with zero attached hydrogens (tertiary/aromatic N) is 2. The molecule has 0 aliphatic carbocycles. The first-order valence-electron chi connectivity index (χ1n) is 6.02. The van der Waals surface area contributed by atoms with E-state index in [4.69, 9.17) is 9.15 Å². The minimum Gasteiger partial charge on any atom is -0.492 e. The number of para-hydroxylation sites is 1. The van der Waals surface area contributed by atoms with Gasteiger partial charge in [-0.1, -0.05) is 18.2 Å². The molecule has 1 aromatic heterocycles. The number of benzene rings is 1. The number of fused-ring (bicyclic) bond motifs is 1. The van der Waals surface area contributed by atoms with Gasteiger partial charge in [0.25, 0.3) is 0 Å². The van der Waals surface area contributed by atoms with E-state index in [1.54, 1.807) is 0 Å². The van der Waals surface area contributed by atoms with Crippen LogP contribution in [0.5, 0.6) is 5.75 Å². The number of hydrogen-bond donors (Lipinski definition) is 1. The van der Waals surface area contributed by atoms with Crippen LogP contribution in [0.3, 0.4) is 0 Å². The Morgan fingerprint density at radius 2 is 2.17 bits per heavy atom. The SMILES string of the molecule is CNC(C)c1nnc(C2COc3ccccc32)o1. The van der Waals surface area contributed by atoms with Crippen LogP contribution in [-0.4, -0.2) is 23.9 Å². The van der Waals surface area contributed by atoms with Gasteiger partial charge >= 0.3 is 0 Å². The van der Waals surface area contributed by atoms with Crippen molar-refractivity contribution < 1.29 is 9.15 Å². The summed E-state index contributed by atoms with van der Waals surface area (Å²) in [4.78, 5) is 0. The number of ether oxygens (including phenoxy) is 1. The van der Waals surface area contributed by atoms with E-state index in [1.165, 1.54) is 0 Å². The van der Waals surface area contributed by atoms with Crippen LogP contribution in [0.2, 0.25) is 0 Å². The molecule has 5 nitrogen and oxygen atoms in total. The van der Waals surface area contributed by atoms with Crippen molar-refractivity contribution in [2.45, 2.75) is 18.9 Å². The third kappa shape index (κ3) is 1.76. The van der Waals surface area contributed by atoms with Crippen molar-refractivity contribution in [3.63, 3.8) is 0 Å². The van der Waals surface area contributed by atoms with Crippen molar-refractivity contribution >= 4 is 0 Å². The summed E-state index contributed by atoms with van der Waals surface area (Å²) in [5.74, 6) is 2.18. The molecule has 2 unspecified atom stereocenters. The second kappa shape index (κ2) is 4.42. The molecule has 2 heterocycles. The van der Waals surface area contributed by atoms with Crippen molar-refractivity contribution in [1.82, 2.24) is 15.5 Å². The van der Waals surface area contributed by atoms with Gasteiger partial charge in [0, 0.05) is 5.56 Å². The Hall–Kier alpha value is -1.88. The van der Waals surface area contributed by atoms with Gasteiger partial charge in [-0.2, -0.15) is 0 Å². The average Bonchev–Trinajstić information content (AvgIpc) is 3.03. The predicted octanol–water partition coefficient (Wildman–Crippen LogP) is 1.87. The van der Waals surface area contributed by atoms with Gasteiger partial charge in [0.15, 0.2) is 0 Å². The van der Waals surface area contributed by atoms with Crippen LogP contribution >= 0.6 is 0 Å². The molecule has 0 fully saturated rings. The molecule has 18 heavy (non-hydrogen) atoms. The summed E-state index contributed by atoms with van der Waals surface area (Å²) < 4.78 is 11.3. The lowest BCUT2D eigenvalue weighted by atomic mass is 10.0. The van der Waals surface area contributed by atoms with E-state index in [9.17, 15) is 0 Å². The van der Waals surface area contributed by atoms with Crippen molar-refractivity contribution in [1.29, 1.82) is 0 Å². The van der Waals surface area contributed by atoms with Crippen LogP contribution in [0.25, 0.3) is 0 Å². The minimum absolute atomic E-state index is 0.0477. The summed E-state index contributed by atoms with van der Waals surface area (Å²) in [6, 6.07) is 8.02. The lowest BCUT2D eigenvalue weighted by Gasteiger charge is -2.04. The summed E-state index contributed by atoms with van der Waals surface area (Å²) in [5, 5.41) is 11.3. The Kier molecular flexibility index (Phi) is 2.76. The van der Waals surface area contributed by atoms with Gasteiger partial charge in [-0.3, -0.25) is 0 Å². The highest BCUT2D eigenvalue weighted by Gasteiger charge is 2.30. The molecule has 94 valence electrons. The molecule has 0 radical (unpaired) electrons. The highest BCUT2D eigenvalue weighted by molar-refractivity contribution is 5.42. The van der Waals surface area contributed by atoms with Gasteiger partial charge in [0.05, 0.1) is 12.0 Å². The van der Waals surface area contributed by atoms with E-state index < -0.39 is 0 Å². The van der Waals surface area contributed by atoms with Gasteiger partial charge in [-0.25, -0.2) is 0 Å². The molecule has 2 aromatic rings. The van der Waals surface area contributed by atoms with E-state index in [0.29, 0.717) is 18.4 Å². The van der Waals surface area contributed by atoms with Gasteiger partial charge in [-0.05, 0) is 20.0 Å². The first-order chi connectivity index (χ1) is 8.79. The van der Waals surface area contributed by atoms with Gasteiger partial charge in [0.1, 0.15) is 12.4 Å². The molecular formula is C13H15N3O2. The monoisotopic (exact) mass is 245 g/mol. The van der Waals surface area contributed by atoms with Gasteiger partial charge in [0.2, 0.25) is 11.8 Å². The molecule has 0 amide bonds. The van der Waals surface area contributed by atoms with E-state index in [-0.39, 0.29) is 12.0 Å². The second-order valence-electron chi connectivity index (χ2n) is 4.39. The molecule has 2 atom stereocenters. The molecule has 1 aliphatic rings.